The van der Waals surface area contributed by atoms with E-state index in [-0.39, 0.29) is 18.1 Å². The normalized spacial score (nSPS) is 11.7. The molecule has 0 fully saturated rings. The highest BCUT2D eigenvalue weighted by Crippen LogP contribution is 2.28. The number of nitrogens with one attached hydrogen (secondary N) is 1. The second-order valence-corrected chi connectivity index (χ2v) is 7.07. The molecule has 0 radical (unpaired) electrons. The number of aromatic nitrogens is 3. The van der Waals surface area contributed by atoms with Crippen molar-refractivity contribution in [3.8, 4) is 17.3 Å². The van der Waals surface area contributed by atoms with Crippen LogP contribution >= 0.6 is 0 Å². The molecule has 0 amide bonds. The molecule has 0 spiro atoms. The van der Waals surface area contributed by atoms with Gasteiger partial charge in [-0.15, -0.1) is 13.2 Å². The summed E-state index contributed by atoms with van der Waals surface area (Å²) in [6.45, 7) is 1.75. The second kappa shape index (κ2) is 7.95. The number of imidazole rings is 1. The average molecular weight is 444 g/mol. The number of rotatable bonds is 5. The lowest BCUT2D eigenvalue weighted by Crippen LogP contribution is -2.24. The monoisotopic (exact) mass is 444 g/mol. The van der Waals surface area contributed by atoms with Gasteiger partial charge in [0.1, 0.15) is 5.75 Å². The van der Waals surface area contributed by atoms with E-state index < -0.39 is 17.8 Å². The number of hydrogen-bond donors (Lipinski definition) is 2. The molecule has 7 nitrogen and oxygen atoms in total. The van der Waals surface area contributed by atoms with Crippen molar-refractivity contribution in [3.05, 3.63) is 76.5 Å². The van der Waals surface area contributed by atoms with Gasteiger partial charge < -0.3 is 15.2 Å². The van der Waals surface area contributed by atoms with Crippen molar-refractivity contribution in [1.29, 1.82) is 0 Å². The molecule has 0 saturated heterocycles. The number of hydrogen-bond acceptors (Lipinski definition) is 5. The fourth-order valence-corrected chi connectivity index (χ4v) is 3.60. The molecule has 4 rings (SSSR count). The van der Waals surface area contributed by atoms with Crippen molar-refractivity contribution >= 4 is 16.6 Å². The second-order valence-electron chi connectivity index (χ2n) is 7.07. The number of alkyl halides is 3. The van der Waals surface area contributed by atoms with Crippen molar-refractivity contribution in [1.82, 2.24) is 14.1 Å². The fourth-order valence-electron chi connectivity index (χ4n) is 3.60. The number of halogens is 3. The van der Waals surface area contributed by atoms with Crippen LogP contribution in [0.4, 0.5) is 18.9 Å². The molecule has 0 bridgehead atoms. The molecule has 0 aliphatic rings. The minimum atomic E-state index is -4.82. The number of fused-ring (bicyclic) bond motifs is 1. The van der Waals surface area contributed by atoms with Crippen molar-refractivity contribution < 1.29 is 23.0 Å². The Morgan fingerprint density at radius 3 is 2.47 bits per heavy atom. The first-order chi connectivity index (χ1) is 15.2. The van der Waals surface area contributed by atoms with Crippen LogP contribution in [0, 0.1) is 6.92 Å². The van der Waals surface area contributed by atoms with Crippen molar-refractivity contribution in [2.75, 3.05) is 12.4 Å². The summed E-state index contributed by atoms with van der Waals surface area (Å²) in [5.74, 6) is -0.726. The summed E-state index contributed by atoms with van der Waals surface area (Å²) in [4.78, 5) is 17.6. The third-order valence-electron chi connectivity index (χ3n) is 5.16. The SMILES string of the molecule is CNc1cnc2ccccc2c1Cn1c(C)c(O)n(-c2ccc(OC(F)(F)F)cc2)c1=O. The van der Waals surface area contributed by atoms with E-state index in [2.05, 4.69) is 15.0 Å². The van der Waals surface area contributed by atoms with E-state index in [1.165, 1.54) is 16.7 Å². The quantitative estimate of drug-likeness (QED) is 0.483. The Bertz CT molecular complexity index is 1340. The predicted molar refractivity (Wildman–Crippen MR) is 114 cm³/mol. The first-order valence-corrected chi connectivity index (χ1v) is 9.61. The van der Waals surface area contributed by atoms with Gasteiger partial charge in [-0.1, -0.05) is 18.2 Å². The van der Waals surface area contributed by atoms with E-state index in [4.69, 9.17) is 0 Å². The van der Waals surface area contributed by atoms with E-state index in [1.54, 1.807) is 20.2 Å². The van der Waals surface area contributed by atoms with Crippen LogP contribution < -0.4 is 15.7 Å². The van der Waals surface area contributed by atoms with Crippen molar-refractivity contribution in [3.63, 3.8) is 0 Å². The van der Waals surface area contributed by atoms with Gasteiger partial charge in [0.25, 0.3) is 0 Å². The van der Waals surface area contributed by atoms with E-state index in [9.17, 15) is 23.1 Å². The van der Waals surface area contributed by atoms with Crippen LogP contribution in [0.15, 0.2) is 59.5 Å². The Morgan fingerprint density at radius 2 is 1.81 bits per heavy atom. The average Bonchev–Trinajstić information content (AvgIpc) is 2.96. The number of aromatic hydroxyl groups is 1. The zero-order chi connectivity index (χ0) is 23.0. The molecular weight excluding hydrogens is 425 g/mol. The minimum absolute atomic E-state index is 0.152. The summed E-state index contributed by atoms with van der Waals surface area (Å²) in [7, 11) is 1.75. The largest absolute Gasteiger partial charge is 0.573 e. The van der Waals surface area contributed by atoms with Gasteiger partial charge in [-0.2, -0.15) is 0 Å². The van der Waals surface area contributed by atoms with Gasteiger partial charge >= 0.3 is 12.1 Å². The van der Waals surface area contributed by atoms with E-state index in [0.29, 0.717) is 5.69 Å². The van der Waals surface area contributed by atoms with Gasteiger partial charge in [0.2, 0.25) is 5.88 Å². The smallest absolute Gasteiger partial charge is 0.493 e. The van der Waals surface area contributed by atoms with Gasteiger partial charge in [0.05, 0.1) is 35.3 Å². The number of pyridine rings is 1. The molecule has 0 atom stereocenters. The van der Waals surface area contributed by atoms with Crippen molar-refractivity contribution in [2.24, 2.45) is 0 Å². The van der Waals surface area contributed by atoms with Crippen LogP contribution in [0.3, 0.4) is 0 Å². The summed E-state index contributed by atoms with van der Waals surface area (Å²) in [5, 5.41) is 14.6. The molecule has 0 saturated carbocycles. The molecule has 0 unspecified atom stereocenters. The Balaban J connectivity index is 1.77. The van der Waals surface area contributed by atoms with Crippen LogP contribution in [-0.4, -0.2) is 32.6 Å². The van der Waals surface area contributed by atoms with Crippen LogP contribution in [0.25, 0.3) is 16.6 Å². The zero-order valence-electron chi connectivity index (χ0n) is 17.1. The number of ether oxygens (including phenoxy) is 1. The predicted octanol–water partition coefficient (Wildman–Crippen LogP) is 4.19. The zero-order valence-corrected chi connectivity index (χ0v) is 17.1. The van der Waals surface area contributed by atoms with Crippen LogP contribution in [0.5, 0.6) is 11.6 Å². The van der Waals surface area contributed by atoms with Gasteiger partial charge in [0.15, 0.2) is 0 Å². The molecule has 2 aromatic carbocycles. The number of benzene rings is 2. The standard InChI is InChI=1S/C22H19F3N4O3/c1-13-20(30)29(14-7-9-15(10-8-14)32-22(23,24)25)21(31)28(13)12-17-16-5-3-4-6-18(16)27-11-19(17)26-2/h3-11,26,30H,12H2,1-2H3. The molecule has 0 aliphatic carbocycles. The maximum atomic E-state index is 13.2. The Morgan fingerprint density at radius 1 is 1.12 bits per heavy atom. The highest BCUT2D eigenvalue weighted by molar-refractivity contribution is 5.86. The lowest BCUT2D eigenvalue weighted by Gasteiger charge is -2.13. The first kappa shape index (κ1) is 21.3. The maximum Gasteiger partial charge on any atom is 0.573 e. The van der Waals surface area contributed by atoms with E-state index in [1.807, 2.05) is 24.3 Å². The third-order valence-corrected chi connectivity index (χ3v) is 5.16. The number of nitrogens with zero attached hydrogens (tertiary/aromatic N) is 3. The van der Waals surface area contributed by atoms with Gasteiger partial charge in [0, 0.05) is 18.0 Å². The molecule has 2 N–H and O–H groups in total. The van der Waals surface area contributed by atoms with Gasteiger partial charge in [-0.25, -0.2) is 9.36 Å². The van der Waals surface area contributed by atoms with Gasteiger partial charge in [-0.05, 0) is 37.3 Å². The molecule has 10 heteroatoms. The highest BCUT2D eigenvalue weighted by atomic mass is 19.4. The minimum Gasteiger partial charge on any atom is -0.493 e. The Hall–Kier alpha value is -3.95. The summed E-state index contributed by atoms with van der Waals surface area (Å²) in [6.07, 6.45) is -3.15. The summed E-state index contributed by atoms with van der Waals surface area (Å²) >= 11 is 0. The maximum absolute atomic E-state index is 13.2. The molecule has 2 aromatic heterocycles. The Labute approximate surface area is 180 Å². The highest BCUT2D eigenvalue weighted by Gasteiger charge is 2.31. The topological polar surface area (TPSA) is 81.3 Å². The summed E-state index contributed by atoms with van der Waals surface area (Å²) in [5.41, 5.74) is 2.29. The third kappa shape index (κ3) is 3.86. The van der Waals surface area contributed by atoms with Crippen LogP contribution in [0.2, 0.25) is 0 Å². The molecule has 2 heterocycles. The summed E-state index contributed by atoms with van der Waals surface area (Å²) in [6, 6.07) is 12.2. The lowest BCUT2D eigenvalue weighted by molar-refractivity contribution is -0.274. The number of anilines is 1. The van der Waals surface area contributed by atoms with E-state index >= 15 is 0 Å². The van der Waals surface area contributed by atoms with Gasteiger partial charge in [-0.3, -0.25) is 9.55 Å². The first-order valence-electron chi connectivity index (χ1n) is 9.61. The molecular formula is C22H19F3N4O3. The van der Waals surface area contributed by atoms with Crippen LogP contribution in [-0.2, 0) is 6.54 Å². The molecule has 166 valence electrons. The molecule has 32 heavy (non-hydrogen) atoms. The number of para-hydroxylation sites is 1. The van der Waals surface area contributed by atoms with Crippen LogP contribution in [0.1, 0.15) is 11.3 Å². The molecule has 4 aromatic rings. The Kier molecular flexibility index (Phi) is 5.29. The molecule has 0 aliphatic heterocycles. The fraction of sp³-hybridized carbons (Fsp3) is 0.182. The summed E-state index contributed by atoms with van der Waals surface area (Å²) < 4.78 is 43.5. The van der Waals surface area contributed by atoms with E-state index in [0.717, 1.165) is 38.9 Å². The lowest BCUT2D eigenvalue weighted by atomic mass is 10.1. The van der Waals surface area contributed by atoms with Crippen molar-refractivity contribution in [2.45, 2.75) is 19.8 Å².